The van der Waals surface area contributed by atoms with Crippen LogP contribution in [-0.2, 0) is 11.2 Å². The van der Waals surface area contributed by atoms with E-state index in [9.17, 15) is 9.59 Å². The van der Waals surface area contributed by atoms with Crippen molar-refractivity contribution in [2.75, 3.05) is 6.54 Å². The van der Waals surface area contributed by atoms with Gasteiger partial charge >= 0.3 is 11.8 Å². The highest BCUT2D eigenvalue weighted by Crippen LogP contribution is 2.15. The third-order valence-corrected chi connectivity index (χ3v) is 2.71. The molecule has 0 saturated carbocycles. The summed E-state index contributed by atoms with van der Waals surface area (Å²) in [6.45, 7) is 10.1. The fourth-order valence-electron chi connectivity index (χ4n) is 2.07. The van der Waals surface area contributed by atoms with Gasteiger partial charge in [-0.2, -0.15) is 0 Å². The lowest BCUT2D eigenvalue weighted by Crippen LogP contribution is -2.36. The van der Waals surface area contributed by atoms with E-state index in [1.165, 1.54) is 0 Å². The second kappa shape index (κ2) is 7.28. The largest absolute Gasteiger partial charge is 0.444 e. The maximum Gasteiger partial charge on any atom is 0.438 e. The van der Waals surface area contributed by atoms with Crippen LogP contribution in [0.1, 0.15) is 46.9 Å². The molecule has 0 radical (unpaired) electrons. The van der Waals surface area contributed by atoms with Gasteiger partial charge in [0.15, 0.2) is 5.82 Å². The number of nitrogens with one attached hydrogen (secondary N) is 2. The summed E-state index contributed by atoms with van der Waals surface area (Å²) in [6, 6.07) is 0. The molecular weight excluding hydrogens is 274 g/mol. The number of H-pyrrole nitrogens is 1. The number of aromatic amines is 1. The van der Waals surface area contributed by atoms with Gasteiger partial charge in [0.1, 0.15) is 5.60 Å². The molecule has 0 aromatic carbocycles. The Morgan fingerprint density at radius 2 is 2.10 bits per heavy atom. The number of aromatic nitrogens is 2. The van der Waals surface area contributed by atoms with Crippen molar-refractivity contribution in [1.82, 2.24) is 15.5 Å². The number of amides is 1. The zero-order chi connectivity index (χ0) is 16.0. The normalized spacial score (nSPS) is 13.2. The van der Waals surface area contributed by atoms with Gasteiger partial charge in [-0.1, -0.05) is 19.0 Å². The lowest BCUT2D eigenvalue weighted by atomic mass is 9.94. The molecule has 1 aromatic heterocycles. The van der Waals surface area contributed by atoms with Gasteiger partial charge in [-0.25, -0.2) is 9.59 Å². The lowest BCUT2D eigenvalue weighted by molar-refractivity contribution is 0.0516. The number of nitrogens with zero attached hydrogens (tertiary/aromatic N) is 1. The molecule has 1 unspecified atom stereocenters. The van der Waals surface area contributed by atoms with Crippen molar-refractivity contribution in [3.8, 4) is 0 Å². The Kier molecular flexibility index (Phi) is 5.99. The van der Waals surface area contributed by atoms with E-state index >= 15 is 0 Å². The summed E-state index contributed by atoms with van der Waals surface area (Å²) in [5.41, 5.74) is -0.519. The van der Waals surface area contributed by atoms with Crippen LogP contribution in [0.2, 0.25) is 0 Å². The van der Waals surface area contributed by atoms with Crippen molar-refractivity contribution in [2.45, 2.75) is 53.1 Å². The van der Waals surface area contributed by atoms with Gasteiger partial charge in [0, 0.05) is 13.0 Å². The Hall–Kier alpha value is -1.79. The number of rotatable bonds is 6. The van der Waals surface area contributed by atoms with E-state index in [1.807, 2.05) is 20.8 Å². The van der Waals surface area contributed by atoms with Gasteiger partial charge in [-0.15, -0.1) is 0 Å². The highest BCUT2D eigenvalue weighted by Gasteiger charge is 2.19. The number of hydrogen-bond donors (Lipinski definition) is 2. The van der Waals surface area contributed by atoms with Crippen molar-refractivity contribution >= 4 is 6.09 Å². The quantitative estimate of drug-likeness (QED) is 0.838. The van der Waals surface area contributed by atoms with Crippen LogP contribution in [0, 0.1) is 11.8 Å². The molecule has 1 amide bonds. The molecule has 21 heavy (non-hydrogen) atoms. The second-order valence-corrected chi connectivity index (χ2v) is 6.62. The average Bonchev–Trinajstić information content (AvgIpc) is 2.68. The predicted octanol–water partition coefficient (Wildman–Crippen LogP) is 2.09. The first-order chi connectivity index (χ1) is 9.65. The zero-order valence-electron chi connectivity index (χ0n) is 13.4. The van der Waals surface area contributed by atoms with Crippen LogP contribution in [0.15, 0.2) is 9.32 Å². The number of carbonyl (C=O) groups is 1. The van der Waals surface area contributed by atoms with Crippen molar-refractivity contribution in [3.05, 3.63) is 16.4 Å². The Labute approximate surface area is 124 Å². The number of hydrogen-bond acceptors (Lipinski definition) is 5. The van der Waals surface area contributed by atoms with E-state index < -0.39 is 17.5 Å². The Morgan fingerprint density at radius 3 is 2.57 bits per heavy atom. The van der Waals surface area contributed by atoms with Crippen LogP contribution in [0.4, 0.5) is 4.79 Å². The molecule has 7 heteroatoms. The van der Waals surface area contributed by atoms with Crippen LogP contribution in [0.5, 0.6) is 0 Å². The average molecular weight is 299 g/mol. The van der Waals surface area contributed by atoms with Crippen molar-refractivity contribution in [2.24, 2.45) is 11.8 Å². The maximum absolute atomic E-state index is 11.7. The lowest BCUT2D eigenvalue weighted by Gasteiger charge is -2.22. The van der Waals surface area contributed by atoms with Gasteiger partial charge in [0.2, 0.25) is 0 Å². The molecule has 0 aliphatic rings. The van der Waals surface area contributed by atoms with Gasteiger partial charge in [0.25, 0.3) is 0 Å². The molecule has 0 spiro atoms. The maximum atomic E-state index is 11.7. The van der Waals surface area contributed by atoms with Gasteiger partial charge in [0.05, 0.1) is 0 Å². The van der Waals surface area contributed by atoms with E-state index in [-0.39, 0.29) is 5.92 Å². The molecule has 0 bridgehead atoms. The summed E-state index contributed by atoms with van der Waals surface area (Å²) >= 11 is 0. The summed E-state index contributed by atoms with van der Waals surface area (Å²) in [7, 11) is 0. The molecule has 1 atom stereocenters. The Bertz CT molecular complexity index is 499. The molecule has 0 fully saturated rings. The summed E-state index contributed by atoms with van der Waals surface area (Å²) in [5.74, 6) is 0.553. The first-order valence-corrected chi connectivity index (χ1v) is 7.17. The molecule has 7 nitrogen and oxygen atoms in total. The highest BCUT2D eigenvalue weighted by atomic mass is 16.6. The fraction of sp³-hybridized carbons (Fsp3) is 0.786. The SMILES string of the molecule is CC(C)CC(CNC(=O)OC(C)(C)C)Cc1noc(=O)[nH]1. The van der Waals surface area contributed by atoms with Crippen LogP contribution < -0.4 is 11.1 Å². The van der Waals surface area contributed by atoms with E-state index in [2.05, 4.69) is 33.8 Å². The molecule has 120 valence electrons. The molecule has 2 N–H and O–H groups in total. The van der Waals surface area contributed by atoms with Crippen molar-refractivity contribution in [1.29, 1.82) is 0 Å². The first-order valence-electron chi connectivity index (χ1n) is 7.17. The van der Waals surface area contributed by atoms with E-state index in [1.54, 1.807) is 0 Å². The summed E-state index contributed by atoms with van der Waals surface area (Å²) < 4.78 is 9.69. The van der Waals surface area contributed by atoms with E-state index in [0.717, 1.165) is 6.42 Å². The van der Waals surface area contributed by atoms with Gasteiger partial charge < -0.3 is 10.1 Å². The van der Waals surface area contributed by atoms with Crippen LogP contribution in [0.25, 0.3) is 0 Å². The Balaban J connectivity index is 2.54. The number of ether oxygens (including phenoxy) is 1. The highest BCUT2D eigenvalue weighted by molar-refractivity contribution is 5.67. The minimum absolute atomic E-state index is 0.151. The molecule has 0 aliphatic carbocycles. The minimum atomic E-state index is -0.562. The molecule has 0 aliphatic heterocycles. The second-order valence-electron chi connectivity index (χ2n) is 6.62. The zero-order valence-corrected chi connectivity index (χ0v) is 13.4. The van der Waals surface area contributed by atoms with Crippen molar-refractivity contribution in [3.63, 3.8) is 0 Å². The Morgan fingerprint density at radius 1 is 1.43 bits per heavy atom. The molecule has 0 saturated heterocycles. The molecular formula is C14H25N3O4. The fourth-order valence-corrected chi connectivity index (χ4v) is 2.07. The van der Waals surface area contributed by atoms with Crippen molar-refractivity contribution < 1.29 is 14.1 Å². The molecule has 1 aromatic rings. The monoisotopic (exact) mass is 299 g/mol. The number of carbonyl (C=O) groups excluding carboxylic acids is 1. The summed E-state index contributed by atoms with van der Waals surface area (Å²) in [6.07, 6.45) is 0.995. The molecule has 1 heterocycles. The summed E-state index contributed by atoms with van der Waals surface area (Å²) in [5, 5.41) is 6.42. The molecule has 1 rings (SSSR count). The topological polar surface area (TPSA) is 97.2 Å². The predicted molar refractivity (Wildman–Crippen MR) is 78.0 cm³/mol. The van der Waals surface area contributed by atoms with Gasteiger partial charge in [-0.3, -0.25) is 9.51 Å². The van der Waals surface area contributed by atoms with Crippen LogP contribution in [0.3, 0.4) is 0 Å². The standard InChI is InChI=1S/C14H25N3O4/c1-9(2)6-10(7-11-16-13(19)21-17-11)8-15-12(18)20-14(3,4)5/h9-10H,6-8H2,1-5H3,(H,15,18)(H,16,17,19). The number of alkyl carbamates (subject to hydrolysis) is 1. The first kappa shape index (κ1) is 17.3. The van der Waals surface area contributed by atoms with Gasteiger partial charge in [-0.05, 0) is 39.0 Å². The summed E-state index contributed by atoms with van der Waals surface area (Å²) in [4.78, 5) is 25.2. The van der Waals surface area contributed by atoms with Crippen LogP contribution in [-0.4, -0.2) is 28.4 Å². The minimum Gasteiger partial charge on any atom is -0.444 e. The third-order valence-electron chi connectivity index (χ3n) is 2.71. The third kappa shape index (κ3) is 7.53. The van der Waals surface area contributed by atoms with Crippen LogP contribution >= 0.6 is 0 Å². The smallest absolute Gasteiger partial charge is 0.438 e. The van der Waals surface area contributed by atoms with E-state index in [0.29, 0.717) is 24.7 Å². The van der Waals surface area contributed by atoms with E-state index in [4.69, 9.17) is 4.74 Å².